The second kappa shape index (κ2) is 6.36. The number of carboxylic acids is 1. The maximum atomic E-state index is 12.0. The van der Waals surface area contributed by atoms with Gasteiger partial charge in [0, 0.05) is 35.9 Å². The average molecular weight is 290 g/mol. The van der Waals surface area contributed by atoms with Crippen molar-refractivity contribution in [3.63, 3.8) is 0 Å². The molecule has 0 aromatic heterocycles. The van der Waals surface area contributed by atoms with E-state index in [0.717, 1.165) is 12.8 Å². The lowest BCUT2D eigenvalue weighted by atomic mass is 9.76. The third-order valence-corrected chi connectivity index (χ3v) is 4.21. The Labute approximate surface area is 116 Å². The minimum Gasteiger partial charge on any atom is -0.480 e. The van der Waals surface area contributed by atoms with Crippen LogP contribution in [0.25, 0.3) is 0 Å². The van der Waals surface area contributed by atoms with Crippen molar-refractivity contribution in [1.82, 2.24) is 10.2 Å². The number of nitrogens with one attached hydrogen (secondary N) is 1. The summed E-state index contributed by atoms with van der Waals surface area (Å²) in [5, 5.41) is 12.0. The summed E-state index contributed by atoms with van der Waals surface area (Å²) >= 11 is 0. The highest BCUT2D eigenvalue weighted by atomic mass is 32.2. The number of hydrogen-bond donors (Lipinski definition) is 2. The molecule has 1 fully saturated rings. The van der Waals surface area contributed by atoms with Crippen molar-refractivity contribution in [2.45, 2.75) is 32.7 Å². The van der Waals surface area contributed by atoms with Gasteiger partial charge in [-0.2, -0.15) is 0 Å². The minimum atomic E-state index is -0.973. The number of nitrogens with zero attached hydrogens (tertiary/aromatic N) is 1. The van der Waals surface area contributed by atoms with Crippen molar-refractivity contribution in [1.29, 1.82) is 0 Å². The molecule has 2 atom stereocenters. The van der Waals surface area contributed by atoms with E-state index in [-0.39, 0.29) is 6.03 Å². The first-order valence-electron chi connectivity index (χ1n) is 6.33. The largest absolute Gasteiger partial charge is 0.480 e. The van der Waals surface area contributed by atoms with Gasteiger partial charge in [-0.1, -0.05) is 13.8 Å². The van der Waals surface area contributed by atoms with E-state index in [1.165, 1.54) is 4.90 Å². The zero-order valence-electron chi connectivity index (χ0n) is 11.6. The molecule has 1 heterocycles. The van der Waals surface area contributed by atoms with Gasteiger partial charge in [-0.25, -0.2) is 9.59 Å². The molecule has 6 nitrogen and oxygen atoms in total. The molecule has 1 aliphatic rings. The van der Waals surface area contributed by atoms with Crippen LogP contribution < -0.4 is 5.32 Å². The van der Waals surface area contributed by atoms with E-state index in [9.17, 15) is 18.9 Å². The summed E-state index contributed by atoms with van der Waals surface area (Å²) in [4.78, 5) is 24.8. The lowest BCUT2D eigenvalue weighted by Gasteiger charge is -2.43. The number of likely N-dealkylation sites (tertiary alicyclic amines) is 1. The Morgan fingerprint density at radius 3 is 2.63 bits per heavy atom. The van der Waals surface area contributed by atoms with Crippen LogP contribution >= 0.6 is 0 Å². The molecule has 1 rings (SSSR count). The summed E-state index contributed by atoms with van der Waals surface area (Å²) < 4.78 is 10.9. The fourth-order valence-electron chi connectivity index (χ4n) is 2.48. The molecule has 2 N–H and O–H groups in total. The van der Waals surface area contributed by atoms with Gasteiger partial charge < -0.3 is 15.3 Å². The fourth-order valence-corrected chi connectivity index (χ4v) is 2.87. The first kappa shape index (κ1) is 15.9. The van der Waals surface area contributed by atoms with Gasteiger partial charge in [-0.05, 0) is 18.3 Å². The SMILES string of the molecule is CS(=O)CCNC(=O)N1CCCC(C)(C)C1C(=O)O. The van der Waals surface area contributed by atoms with Crippen molar-refractivity contribution < 1.29 is 18.9 Å². The zero-order valence-corrected chi connectivity index (χ0v) is 12.5. The molecule has 0 spiro atoms. The molecule has 0 saturated carbocycles. The Morgan fingerprint density at radius 2 is 2.11 bits per heavy atom. The first-order valence-corrected chi connectivity index (χ1v) is 8.06. The van der Waals surface area contributed by atoms with Crippen LogP contribution in [0, 0.1) is 5.41 Å². The van der Waals surface area contributed by atoms with Crippen molar-refractivity contribution in [2.75, 3.05) is 25.1 Å². The Morgan fingerprint density at radius 1 is 1.47 bits per heavy atom. The predicted molar refractivity (Wildman–Crippen MR) is 73.5 cm³/mol. The van der Waals surface area contributed by atoms with E-state index >= 15 is 0 Å². The normalized spacial score (nSPS) is 23.7. The molecule has 0 aromatic rings. The highest BCUT2D eigenvalue weighted by Gasteiger charge is 2.44. The highest BCUT2D eigenvalue weighted by Crippen LogP contribution is 2.35. The number of piperidine rings is 1. The van der Waals surface area contributed by atoms with Gasteiger partial charge in [-0.15, -0.1) is 0 Å². The molecule has 7 heteroatoms. The van der Waals surface area contributed by atoms with Crippen LogP contribution in [-0.4, -0.2) is 57.4 Å². The van der Waals surface area contributed by atoms with Gasteiger partial charge in [0.2, 0.25) is 0 Å². The summed E-state index contributed by atoms with van der Waals surface area (Å²) in [6.45, 7) is 4.48. The molecule has 0 aliphatic carbocycles. The lowest BCUT2D eigenvalue weighted by Crippen LogP contribution is -2.58. The van der Waals surface area contributed by atoms with Crippen LogP contribution in [-0.2, 0) is 15.6 Å². The number of rotatable bonds is 4. The monoisotopic (exact) mass is 290 g/mol. The van der Waals surface area contributed by atoms with Crippen molar-refractivity contribution in [3.05, 3.63) is 0 Å². The van der Waals surface area contributed by atoms with Crippen LogP contribution in [0.1, 0.15) is 26.7 Å². The van der Waals surface area contributed by atoms with E-state index in [0.29, 0.717) is 18.8 Å². The number of urea groups is 1. The van der Waals surface area contributed by atoms with E-state index in [4.69, 9.17) is 0 Å². The molecule has 2 amide bonds. The molecule has 1 aliphatic heterocycles. The fraction of sp³-hybridized carbons (Fsp3) is 0.833. The molecule has 1 saturated heterocycles. The molecule has 0 aromatic carbocycles. The number of hydrogen-bond acceptors (Lipinski definition) is 3. The number of carboxylic acid groups (broad SMARTS) is 1. The van der Waals surface area contributed by atoms with Gasteiger partial charge in [0.1, 0.15) is 6.04 Å². The van der Waals surface area contributed by atoms with Crippen molar-refractivity contribution in [3.8, 4) is 0 Å². The van der Waals surface area contributed by atoms with Crippen LogP contribution in [0.15, 0.2) is 0 Å². The number of aliphatic carboxylic acids is 1. The maximum Gasteiger partial charge on any atom is 0.327 e. The van der Waals surface area contributed by atoms with E-state index in [1.54, 1.807) is 6.26 Å². The van der Waals surface area contributed by atoms with Crippen LogP contribution in [0.5, 0.6) is 0 Å². The second-order valence-corrected chi connectivity index (χ2v) is 7.09. The molecular weight excluding hydrogens is 268 g/mol. The number of carbonyl (C=O) groups excluding carboxylic acids is 1. The van der Waals surface area contributed by atoms with Crippen LogP contribution in [0.4, 0.5) is 4.79 Å². The van der Waals surface area contributed by atoms with Gasteiger partial charge in [-0.3, -0.25) is 4.21 Å². The van der Waals surface area contributed by atoms with Gasteiger partial charge in [0.15, 0.2) is 0 Å². The average Bonchev–Trinajstić information content (AvgIpc) is 2.25. The third-order valence-electron chi connectivity index (χ3n) is 3.43. The summed E-state index contributed by atoms with van der Waals surface area (Å²) in [5.41, 5.74) is -0.436. The minimum absolute atomic E-state index is 0.297. The van der Waals surface area contributed by atoms with Crippen molar-refractivity contribution >= 4 is 22.8 Å². The second-order valence-electron chi connectivity index (χ2n) is 5.54. The Hall–Kier alpha value is -1.11. The van der Waals surface area contributed by atoms with Crippen LogP contribution in [0.3, 0.4) is 0 Å². The molecule has 2 unspecified atom stereocenters. The molecule has 0 bridgehead atoms. The van der Waals surface area contributed by atoms with Crippen molar-refractivity contribution in [2.24, 2.45) is 5.41 Å². The summed E-state index contributed by atoms with van der Waals surface area (Å²) in [5.74, 6) is -0.598. The zero-order chi connectivity index (χ0) is 14.6. The summed E-state index contributed by atoms with van der Waals surface area (Å²) in [7, 11) is -0.969. The topological polar surface area (TPSA) is 86.7 Å². The maximum absolute atomic E-state index is 12.0. The van der Waals surface area contributed by atoms with E-state index < -0.39 is 28.2 Å². The molecular formula is C12H22N2O4S. The summed E-state index contributed by atoms with van der Waals surface area (Å²) in [6, 6.07) is -1.20. The van der Waals surface area contributed by atoms with E-state index in [2.05, 4.69) is 5.32 Å². The van der Waals surface area contributed by atoms with Gasteiger partial charge >= 0.3 is 12.0 Å². The Kier molecular flexibility index (Phi) is 5.34. The lowest BCUT2D eigenvalue weighted by molar-refractivity contribution is -0.148. The molecule has 110 valence electrons. The Balaban J connectivity index is 2.70. The predicted octanol–water partition coefficient (Wildman–Crippen LogP) is 0.650. The van der Waals surface area contributed by atoms with Gasteiger partial charge in [0.25, 0.3) is 0 Å². The third kappa shape index (κ3) is 4.19. The van der Waals surface area contributed by atoms with E-state index in [1.807, 2.05) is 13.8 Å². The summed E-state index contributed by atoms with van der Waals surface area (Å²) in [6.07, 6.45) is 3.15. The van der Waals surface area contributed by atoms with Crippen LogP contribution in [0.2, 0.25) is 0 Å². The van der Waals surface area contributed by atoms with Gasteiger partial charge in [0.05, 0.1) is 0 Å². The standard InChI is InChI=1S/C12H22N2O4S/c1-12(2)5-4-7-14(9(12)10(15)16)11(17)13-6-8-19(3)18/h9H,4-8H2,1-3H3,(H,13,17)(H,15,16). The Bertz CT molecular complexity index is 384. The molecule has 19 heavy (non-hydrogen) atoms. The smallest absolute Gasteiger partial charge is 0.327 e. The highest BCUT2D eigenvalue weighted by molar-refractivity contribution is 7.84. The quantitative estimate of drug-likeness (QED) is 0.796. The first-order chi connectivity index (χ1) is 8.75. The number of carbonyl (C=O) groups is 2. The number of amides is 2. The molecule has 0 radical (unpaired) electrons.